The highest BCUT2D eigenvalue weighted by Crippen LogP contribution is 2.20. The number of rotatable bonds is 0. The first-order valence-corrected chi connectivity index (χ1v) is 3.81. The summed E-state index contributed by atoms with van der Waals surface area (Å²) in [7, 11) is 0. The molecule has 0 bridgehead atoms. The van der Waals surface area contributed by atoms with Gasteiger partial charge in [0, 0.05) is 5.39 Å². The highest BCUT2D eigenvalue weighted by atomic mass is 79.9. The van der Waals surface area contributed by atoms with Crippen molar-refractivity contribution in [2.24, 2.45) is 0 Å². The minimum atomic E-state index is 0.262. The molecule has 0 aliphatic rings. The van der Waals surface area contributed by atoms with Crippen LogP contribution in [0.4, 0.5) is 0 Å². The third kappa shape index (κ3) is 0.991. The number of halogens is 1. The van der Waals surface area contributed by atoms with Gasteiger partial charge in [0.15, 0.2) is 0 Å². The SMILES string of the molecule is Oc1ccc2c(cnn2Br)c1. The monoisotopic (exact) mass is 212 g/mol. The number of benzene rings is 1. The maximum absolute atomic E-state index is 9.09. The Morgan fingerprint density at radius 1 is 1.45 bits per heavy atom. The second-order valence-corrected chi connectivity index (χ2v) is 2.92. The summed E-state index contributed by atoms with van der Waals surface area (Å²) in [4.78, 5) is 0. The van der Waals surface area contributed by atoms with E-state index < -0.39 is 0 Å². The lowest BCUT2D eigenvalue weighted by Gasteiger charge is -1.91. The zero-order valence-electron chi connectivity index (χ0n) is 5.53. The molecule has 1 aromatic heterocycles. The fourth-order valence-corrected chi connectivity index (χ4v) is 1.40. The molecule has 0 unspecified atom stereocenters. The van der Waals surface area contributed by atoms with Gasteiger partial charge in [-0.25, -0.2) is 0 Å². The van der Waals surface area contributed by atoms with Crippen LogP contribution < -0.4 is 0 Å². The van der Waals surface area contributed by atoms with Crippen LogP contribution in [-0.4, -0.2) is 13.9 Å². The molecule has 1 aromatic carbocycles. The molecule has 0 amide bonds. The molecule has 0 spiro atoms. The zero-order chi connectivity index (χ0) is 7.84. The van der Waals surface area contributed by atoms with Crippen molar-refractivity contribution < 1.29 is 5.11 Å². The molecular formula is C7H5BrN2O. The van der Waals surface area contributed by atoms with Crippen LogP contribution in [0.3, 0.4) is 0 Å². The first-order chi connectivity index (χ1) is 5.27. The number of nitrogens with zero attached hydrogens (tertiary/aromatic N) is 2. The van der Waals surface area contributed by atoms with E-state index in [0.29, 0.717) is 0 Å². The largest absolute Gasteiger partial charge is 0.508 e. The summed E-state index contributed by atoms with van der Waals surface area (Å²) >= 11 is 3.22. The van der Waals surface area contributed by atoms with E-state index >= 15 is 0 Å². The summed E-state index contributed by atoms with van der Waals surface area (Å²) in [6, 6.07) is 5.09. The van der Waals surface area contributed by atoms with Gasteiger partial charge in [0.1, 0.15) is 5.75 Å². The van der Waals surface area contributed by atoms with E-state index in [9.17, 15) is 0 Å². The van der Waals surface area contributed by atoms with Gasteiger partial charge in [0.05, 0.1) is 27.9 Å². The number of fused-ring (bicyclic) bond motifs is 1. The molecule has 0 atom stereocenters. The van der Waals surface area contributed by atoms with Crippen molar-refractivity contribution in [1.82, 2.24) is 8.81 Å². The third-order valence-electron chi connectivity index (χ3n) is 1.51. The van der Waals surface area contributed by atoms with E-state index in [2.05, 4.69) is 21.2 Å². The molecule has 11 heavy (non-hydrogen) atoms. The molecule has 0 saturated heterocycles. The van der Waals surface area contributed by atoms with Gasteiger partial charge >= 0.3 is 0 Å². The molecule has 1 N–H and O–H groups in total. The van der Waals surface area contributed by atoms with Crippen LogP contribution in [0.2, 0.25) is 0 Å². The zero-order valence-corrected chi connectivity index (χ0v) is 7.12. The average Bonchev–Trinajstić information content (AvgIpc) is 2.32. The Labute approximate surface area is 71.6 Å². The van der Waals surface area contributed by atoms with Crippen LogP contribution in [0.5, 0.6) is 5.75 Å². The Hall–Kier alpha value is -1.03. The summed E-state index contributed by atoms with van der Waals surface area (Å²) in [6.45, 7) is 0. The van der Waals surface area contributed by atoms with Crippen LogP contribution in [0.15, 0.2) is 24.4 Å². The normalized spacial score (nSPS) is 10.6. The molecule has 3 nitrogen and oxygen atoms in total. The summed E-state index contributed by atoms with van der Waals surface area (Å²) in [5, 5.41) is 14.0. The van der Waals surface area contributed by atoms with Gasteiger partial charge in [0.25, 0.3) is 0 Å². The number of phenols is 1. The Morgan fingerprint density at radius 3 is 3.09 bits per heavy atom. The molecule has 0 radical (unpaired) electrons. The van der Waals surface area contributed by atoms with Crippen LogP contribution in [0.25, 0.3) is 10.9 Å². The second kappa shape index (κ2) is 2.23. The maximum Gasteiger partial charge on any atom is 0.116 e. The number of aromatic nitrogens is 2. The lowest BCUT2D eigenvalue weighted by molar-refractivity contribution is 0.476. The Balaban J connectivity index is 2.86. The lowest BCUT2D eigenvalue weighted by Crippen LogP contribution is -1.78. The molecule has 0 aliphatic heterocycles. The standard InChI is InChI=1S/C7H5BrN2O/c8-10-7-2-1-6(11)3-5(7)4-9-10/h1-4,11H. The van der Waals surface area contributed by atoms with Gasteiger partial charge in [-0.15, -0.1) is 0 Å². The Morgan fingerprint density at radius 2 is 2.27 bits per heavy atom. The van der Waals surface area contributed by atoms with Crippen LogP contribution in [0, 0.1) is 0 Å². The van der Waals surface area contributed by atoms with Crippen molar-refractivity contribution >= 4 is 27.1 Å². The fraction of sp³-hybridized carbons (Fsp3) is 0. The summed E-state index contributed by atoms with van der Waals surface area (Å²) in [5.41, 5.74) is 0.947. The molecule has 0 aliphatic carbocycles. The van der Waals surface area contributed by atoms with Gasteiger partial charge in [-0.3, -0.25) is 0 Å². The molecule has 1 heterocycles. The van der Waals surface area contributed by atoms with Crippen molar-refractivity contribution in [2.45, 2.75) is 0 Å². The van der Waals surface area contributed by atoms with E-state index in [1.54, 1.807) is 28.1 Å². The predicted octanol–water partition coefficient (Wildman–Crippen LogP) is 1.90. The molecule has 2 rings (SSSR count). The van der Waals surface area contributed by atoms with Crippen LogP contribution in [-0.2, 0) is 0 Å². The van der Waals surface area contributed by atoms with Crippen molar-refractivity contribution in [3.63, 3.8) is 0 Å². The first kappa shape index (κ1) is 6.67. The van der Waals surface area contributed by atoms with Gasteiger partial charge in [-0.2, -0.15) is 8.81 Å². The fourth-order valence-electron chi connectivity index (χ4n) is 0.988. The summed E-state index contributed by atoms with van der Waals surface area (Å²) in [6.07, 6.45) is 1.68. The van der Waals surface area contributed by atoms with Gasteiger partial charge in [-0.1, -0.05) is 0 Å². The van der Waals surface area contributed by atoms with Crippen molar-refractivity contribution in [3.8, 4) is 5.75 Å². The topological polar surface area (TPSA) is 38.1 Å². The third-order valence-corrected chi connectivity index (χ3v) is 2.07. The minimum Gasteiger partial charge on any atom is -0.508 e. The van der Waals surface area contributed by atoms with E-state index in [1.807, 2.05) is 0 Å². The van der Waals surface area contributed by atoms with Gasteiger partial charge < -0.3 is 5.11 Å². The molecule has 56 valence electrons. The van der Waals surface area contributed by atoms with E-state index in [-0.39, 0.29) is 5.75 Å². The number of hydrogen-bond acceptors (Lipinski definition) is 2. The molecule has 0 fully saturated rings. The minimum absolute atomic E-state index is 0.262. The predicted molar refractivity (Wildman–Crippen MR) is 45.7 cm³/mol. The maximum atomic E-state index is 9.09. The molecule has 4 heteroatoms. The second-order valence-electron chi connectivity index (χ2n) is 2.25. The highest BCUT2D eigenvalue weighted by molar-refractivity contribution is 9.08. The number of phenolic OH excluding ortho intramolecular Hbond substituents is 1. The Kier molecular flexibility index (Phi) is 1.35. The highest BCUT2D eigenvalue weighted by Gasteiger charge is 1.99. The molecule has 2 aromatic rings. The first-order valence-electron chi connectivity index (χ1n) is 3.10. The molecule has 0 saturated carbocycles. The van der Waals surface area contributed by atoms with Gasteiger partial charge in [0.2, 0.25) is 0 Å². The summed E-state index contributed by atoms with van der Waals surface area (Å²) < 4.78 is 1.59. The van der Waals surface area contributed by atoms with Crippen LogP contribution >= 0.6 is 16.1 Å². The smallest absolute Gasteiger partial charge is 0.116 e. The van der Waals surface area contributed by atoms with E-state index in [4.69, 9.17) is 5.11 Å². The van der Waals surface area contributed by atoms with Crippen molar-refractivity contribution in [2.75, 3.05) is 0 Å². The number of aromatic hydroxyl groups is 1. The average molecular weight is 213 g/mol. The number of hydrogen-bond donors (Lipinski definition) is 1. The van der Waals surface area contributed by atoms with E-state index in [1.165, 1.54) is 0 Å². The van der Waals surface area contributed by atoms with Gasteiger partial charge in [-0.05, 0) is 18.2 Å². The summed E-state index contributed by atoms with van der Waals surface area (Å²) in [5.74, 6) is 0.262. The van der Waals surface area contributed by atoms with Crippen molar-refractivity contribution in [3.05, 3.63) is 24.4 Å². The Bertz CT molecular complexity index is 396. The molecular weight excluding hydrogens is 208 g/mol. The van der Waals surface area contributed by atoms with E-state index in [0.717, 1.165) is 10.9 Å². The lowest BCUT2D eigenvalue weighted by atomic mass is 10.2. The van der Waals surface area contributed by atoms with Crippen LogP contribution in [0.1, 0.15) is 0 Å². The quantitative estimate of drug-likeness (QED) is 0.725. The van der Waals surface area contributed by atoms with Crippen molar-refractivity contribution in [1.29, 1.82) is 0 Å².